The van der Waals surface area contributed by atoms with Crippen LogP contribution in [0.15, 0.2) is 22.8 Å². The van der Waals surface area contributed by atoms with Crippen LogP contribution in [0.4, 0.5) is 0 Å². The number of carbonyl (C=O) groups excluding carboxylic acids is 1. The molecular formula is C12H12O3. The van der Waals surface area contributed by atoms with Crippen molar-refractivity contribution >= 4 is 16.9 Å². The lowest BCUT2D eigenvalue weighted by atomic mass is 10.1. The van der Waals surface area contributed by atoms with E-state index in [2.05, 4.69) is 0 Å². The van der Waals surface area contributed by atoms with Gasteiger partial charge in [0.1, 0.15) is 11.8 Å². The van der Waals surface area contributed by atoms with Crippen molar-refractivity contribution in [2.24, 2.45) is 0 Å². The molecule has 0 atom stereocenters. The van der Waals surface area contributed by atoms with Gasteiger partial charge in [-0.15, -0.1) is 0 Å². The Balaban J connectivity index is 2.61. The highest BCUT2D eigenvalue weighted by Gasteiger charge is 2.11. The molecule has 15 heavy (non-hydrogen) atoms. The average molecular weight is 204 g/mol. The third-order valence-corrected chi connectivity index (χ3v) is 2.48. The van der Waals surface area contributed by atoms with Crippen LogP contribution in [-0.2, 0) is 4.79 Å². The van der Waals surface area contributed by atoms with Gasteiger partial charge in [-0.2, -0.15) is 0 Å². The van der Waals surface area contributed by atoms with Crippen LogP contribution in [0.5, 0.6) is 5.75 Å². The van der Waals surface area contributed by atoms with Crippen LogP contribution in [0.1, 0.15) is 18.1 Å². The second kappa shape index (κ2) is 3.42. The fraction of sp³-hybridized carbons (Fsp3) is 0.250. The van der Waals surface area contributed by atoms with Crippen LogP contribution in [0.3, 0.4) is 0 Å². The minimum atomic E-state index is -0.337. The van der Waals surface area contributed by atoms with Crippen LogP contribution in [-0.4, -0.2) is 5.97 Å². The predicted octanol–water partition coefficient (Wildman–Crippen LogP) is 2.97. The van der Waals surface area contributed by atoms with E-state index in [0.29, 0.717) is 5.75 Å². The van der Waals surface area contributed by atoms with Crippen molar-refractivity contribution in [3.05, 3.63) is 29.5 Å². The van der Waals surface area contributed by atoms with E-state index in [4.69, 9.17) is 9.15 Å². The van der Waals surface area contributed by atoms with Gasteiger partial charge in [0.25, 0.3) is 0 Å². The Morgan fingerprint density at radius 1 is 1.33 bits per heavy atom. The largest absolute Gasteiger partial charge is 0.460 e. The summed E-state index contributed by atoms with van der Waals surface area (Å²) in [6.07, 6.45) is 1.47. The van der Waals surface area contributed by atoms with Crippen LogP contribution >= 0.6 is 0 Å². The van der Waals surface area contributed by atoms with E-state index in [1.165, 1.54) is 13.2 Å². The zero-order valence-electron chi connectivity index (χ0n) is 8.96. The quantitative estimate of drug-likeness (QED) is 0.670. The van der Waals surface area contributed by atoms with Gasteiger partial charge in [0.2, 0.25) is 0 Å². The number of benzene rings is 1. The van der Waals surface area contributed by atoms with E-state index in [0.717, 1.165) is 22.1 Å². The van der Waals surface area contributed by atoms with Crippen molar-refractivity contribution in [2.75, 3.05) is 0 Å². The maximum absolute atomic E-state index is 10.8. The van der Waals surface area contributed by atoms with Crippen molar-refractivity contribution < 1.29 is 13.9 Å². The molecule has 0 amide bonds. The van der Waals surface area contributed by atoms with E-state index in [9.17, 15) is 4.79 Å². The molecular weight excluding hydrogens is 192 g/mol. The molecule has 78 valence electrons. The van der Waals surface area contributed by atoms with Gasteiger partial charge in [-0.05, 0) is 31.0 Å². The Kier molecular flexibility index (Phi) is 2.23. The summed E-state index contributed by atoms with van der Waals surface area (Å²) >= 11 is 0. The molecule has 0 saturated heterocycles. The second-order valence-electron chi connectivity index (χ2n) is 3.58. The molecule has 0 radical (unpaired) electrons. The summed E-state index contributed by atoms with van der Waals surface area (Å²) in [5.41, 5.74) is 3.02. The van der Waals surface area contributed by atoms with E-state index < -0.39 is 0 Å². The molecule has 0 unspecified atom stereocenters. The Labute approximate surface area is 87.6 Å². The van der Waals surface area contributed by atoms with Gasteiger partial charge in [0.15, 0.2) is 5.75 Å². The predicted molar refractivity (Wildman–Crippen MR) is 57.0 cm³/mol. The maximum Gasteiger partial charge on any atom is 0.308 e. The van der Waals surface area contributed by atoms with Crippen molar-refractivity contribution in [3.63, 3.8) is 0 Å². The van der Waals surface area contributed by atoms with Crippen molar-refractivity contribution in [1.29, 1.82) is 0 Å². The molecule has 2 rings (SSSR count). The number of hydrogen-bond acceptors (Lipinski definition) is 3. The highest BCUT2D eigenvalue weighted by atomic mass is 16.5. The Hall–Kier alpha value is -1.77. The summed E-state index contributed by atoms with van der Waals surface area (Å²) in [5.74, 6) is 0.150. The second-order valence-corrected chi connectivity index (χ2v) is 3.58. The fourth-order valence-corrected chi connectivity index (χ4v) is 1.55. The van der Waals surface area contributed by atoms with Crippen LogP contribution in [0.2, 0.25) is 0 Å². The lowest BCUT2D eigenvalue weighted by Gasteiger charge is -2.00. The van der Waals surface area contributed by atoms with Crippen LogP contribution < -0.4 is 4.74 Å². The minimum Gasteiger partial charge on any atom is -0.460 e. The topological polar surface area (TPSA) is 39.4 Å². The normalized spacial score (nSPS) is 10.6. The van der Waals surface area contributed by atoms with Crippen LogP contribution in [0.25, 0.3) is 11.0 Å². The number of esters is 1. The van der Waals surface area contributed by atoms with Gasteiger partial charge in [-0.3, -0.25) is 4.79 Å². The Bertz CT molecular complexity index is 523. The van der Waals surface area contributed by atoms with E-state index in [1.54, 1.807) is 0 Å². The van der Waals surface area contributed by atoms with Crippen molar-refractivity contribution in [1.82, 2.24) is 0 Å². The number of carbonyl (C=O) groups is 1. The first-order valence-electron chi connectivity index (χ1n) is 4.75. The summed E-state index contributed by atoms with van der Waals surface area (Å²) in [5, 5.41) is 0.841. The number of rotatable bonds is 1. The molecule has 1 heterocycles. The fourth-order valence-electron chi connectivity index (χ4n) is 1.55. The number of furan rings is 1. The van der Waals surface area contributed by atoms with Gasteiger partial charge in [0.05, 0.1) is 5.39 Å². The van der Waals surface area contributed by atoms with Gasteiger partial charge in [0, 0.05) is 6.92 Å². The first kappa shape index (κ1) is 9.77. The van der Waals surface area contributed by atoms with E-state index in [-0.39, 0.29) is 5.97 Å². The molecule has 0 aliphatic carbocycles. The molecule has 0 N–H and O–H groups in total. The smallest absolute Gasteiger partial charge is 0.308 e. The zero-order chi connectivity index (χ0) is 11.0. The average Bonchev–Trinajstić information content (AvgIpc) is 2.55. The molecule has 3 heteroatoms. The van der Waals surface area contributed by atoms with Gasteiger partial charge in [-0.25, -0.2) is 0 Å². The molecule has 0 fully saturated rings. The standard InChI is InChI=1S/C12H12O3/c1-7-4-5-10-11(15-9(3)13)6-14-12(10)8(7)2/h4-6H,1-3H3. The zero-order valence-corrected chi connectivity index (χ0v) is 8.96. The Morgan fingerprint density at radius 3 is 2.73 bits per heavy atom. The number of hydrogen-bond donors (Lipinski definition) is 0. The monoisotopic (exact) mass is 204 g/mol. The molecule has 0 saturated carbocycles. The highest BCUT2D eigenvalue weighted by Crippen LogP contribution is 2.31. The SMILES string of the molecule is CC(=O)Oc1coc2c(C)c(C)ccc12. The third-order valence-electron chi connectivity index (χ3n) is 2.48. The van der Waals surface area contributed by atoms with Gasteiger partial charge < -0.3 is 9.15 Å². The van der Waals surface area contributed by atoms with Crippen molar-refractivity contribution in [2.45, 2.75) is 20.8 Å². The maximum atomic E-state index is 10.8. The summed E-state index contributed by atoms with van der Waals surface area (Å²) < 4.78 is 10.4. The summed E-state index contributed by atoms with van der Waals surface area (Å²) in [7, 11) is 0. The van der Waals surface area contributed by atoms with Crippen LogP contribution in [0, 0.1) is 13.8 Å². The lowest BCUT2D eigenvalue weighted by molar-refractivity contribution is -0.131. The molecule has 2 aromatic rings. The lowest BCUT2D eigenvalue weighted by Crippen LogP contribution is -2.00. The summed E-state index contributed by atoms with van der Waals surface area (Å²) in [4.78, 5) is 10.8. The number of aryl methyl sites for hydroxylation is 2. The molecule has 3 nitrogen and oxygen atoms in total. The van der Waals surface area contributed by atoms with Gasteiger partial charge in [-0.1, -0.05) is 6.07 Å². The third kappa shape index (κ3) is 1.61. The number of fused-ring (bicyclic) bond motifs is 1. The molecule has 0 aliphatic rings. The van der Waals surface area contributed by atoms with Crippen molar-refractivity contribution in [3.8, 4) is 5.75 Å². The van der Waals surface area contributed by atoms with E-state index in [1.807, 2.05) is 26.0 Å². The molecule has 1 aromatic carbocycles. The molecule has 0 spiro atoms. The summed E-state index contributed by atoms with van der Waals surface area (Å²) in [6, 6.07) is 3.89. The highest BCUT2D eigenvalue weighted by molar-refractivity contribution is 5.89. The molecule has 1 aromatic heterocycles. The minimum absolute atomic E-state index is 0.337. The number of ether oxygens (including phenoxy) is 1. The van der Waals surface area contributed by atoms with E-state index >= 15 is 0 Å². The first-order chi connectivity index (χ1) is 7.09. The first-order valence-corrected chi connectivity index (χ1v) is 4.75. The molecule has 0 bridgehead atoms. The van der Waals surface area contributed by atoms with Gasteiger partial charge >= 0.3 is 5.97 Å². The Morgan fingerprint density at radius 2 is 2.07 bits per heavy atom. The molecule has 0 aliphatic heterocycles. The summed E-state index contributed by atoms with van der Waals surface area (Å²) in [6.45, 7) is 5.38.